The number of aliphatic hydroxyl groups excluding tert-OH is 1. The summed E-state index contributed by atoms with van der Waals surface area (Å²) in [5.41, 5.74) is 1.84. The SMILES string of the molecule is COc1cc(CNC2CCCC2)cc(Br)c1OCC(O)c1ccc2c(c1)OCO2. The number of ether oxygens (including phenoxy) is 4. The Morgan fingerprint density at radius 3 is 2.76 bits per heavy atom. The molecule has 2 aromatic carbocycles. The van der Waals surface area contributed by atoms with Gasteiger partial charge >= 0.3 is 0 Å². The Bertz CT molecular complexity index is 853. The van der Waals surface area contributed by atoms with E-state index in [-0.39, 0.29) is 13.4 Å². The first-order valence-electron chi connectivity index (χ1n) is 9.94. The first-order chi connectivity index (χ1) is 14.1. The number of rotatable bonds is 8. The third-order valence-electron chi connectivity index (χ3n) is 5.41. The Kier molecular flexibility index (Phi) is 6.47. The highest BCUT2D eigenvalue weighted by Crippen LogP contribution is 2.38. The molecule has 1 heterocycles. The molecule has 2 aromatic rings. The lowest BCUT2D eigenvalue weighted by atomic mass is 10.1. The summed E-state index contributed by atoms with van der Waals surface area (Å²) in [6.07, 6.45) is 4.31. The van der Waals surface area contributed by atoms with Crippen molar-refractivity contribution in [1.82, 2.24) is 5.32 Å². The summed E-state index contributed by atoms with van der Waals surface area (Å²) in [6.45, 7) is 1.09. The number of nitrogens with one attached hydrogen (secondary N) is 1. The fraction of sp³-hybridized carbons (Fsp3) is 0.455. The normalized spacial score (nSPS) is 16.8. The van der Waals surface area contributed by atoms with Crippen LogP contribution < -0.4 is 24.3 Å². The lowest BCUT2D eigenvalue weighted by Gasteiger charge is -2.18. The number of fused-ring (bicyclic) bond motifs is 1. The summed E-state index contributed by atoms with van der Waals surface area (Å²) in [7, 11) is 1.62. The molecule has 4 rings (SSSR count). The van der Waals surface area contributed by atoms with Crippen LogP contribution in [0.3, 0.4) is 0 Å². The first kappa shape index (κ1) is 20.3. The minimum Gasteiger partial charge on any atom is -0.493 e. The zero-order valence-electron chi connectivity index (χ0n) is 16.4. The molecule has 1 aliphatic heterocycles. The molecule has 0 aromatic heterocycles. The number of hydrogen-bond acceptors (Lipinski definition) is 6. The van der Waals surface area contributed by atoms with Crippen molar-refractivity contribution >= 4 is 15.9 Å². The highest BCUT2D eigenvalue weighted by atomic mass is 79.9. The van der Waals surface area contributed by atoms with Crippen LogP contribution in [0.2, 0.25) is 0 Å². The van der Waals surface area contributed by atoms with Gasteiger partial charge in [0.15, 0.2) is 23.0 Å². The van der Waals surface area contributed by atoms with Crippen LogP contribution in [0.1, 0.15) is 42.9 Å². The second-order valence-corrected chi connectivity index (χ2v) is 8.27. The molecule has 0 bridgehead atoms. The summed E-state index contributed by atoms with van der Waals surface area (Å²) >= 11 is 3.59. The van der Waals surface area contributed by atoms with Crippen LogP contribution in [-0.2, 0) is 6.54 Å². The van der Waals surface area contributed by atoms with Crippen molar-refractivity contribution in [2.24, 2.45) is 0 Å². The molecule has 0 amide bonds. The molecule has 7 heteroatoms. The zero-order valence-corrected chi connectivity index (χ0v) is 18.0. The van der Waals surface area contributed by atoms with Gasteiger partial charge in [-0.1, -0.05) is 18.9 Å². The molecule has 2 aliphatic rings. The minimum atomic E-state index is -0.801. The van der Waals surface area contributed by atoms with E-state index in [4.69, 9.17) is 18.9 Å². The Balaban J connectivity index is 1.40. The van der Waals surface area contributed by atoms with Crippen LogP contribution in [0, 0.1) is 0 Å². The zero-order chi connectivity index (χ0) is 20.2. The Hall–Kier alpha value is -1.96. The van der Waals surface area contributed by atoms with Gasteiger partial charge in [0.2, 0.25) is 6.79 Å². The molecule has 0 saturated heterocycles. The van der Waals surface area contributed by atoms with Gasteiger partial charge in [-0.15, -0.1) is 0 Å². The van der Waals surface area contributed by atoms with Gasteiger partial charge in [-0.3, -0.25) is 0 Å². The van der Waals surface area contributed by atoms with Gasteiger partial charge in [0, 0.05) is 12.6 Å². The van der Waals surface area contributed by atoms with Gasteiger partial charge in [-0.05, 0) is 64.2 Å². The van der Waals surface area contributed by atoms with Crippen molar-refractivity contribution in [3.63, 3.8) is 0 Å². The van der Waals surface area contributed by atoms with Crippen LogP contribution in [-0.4, -0.2) is 31.7 Å². The van der Waals surface area contributed by atoms with Crippen molar-refractivity contribution in [2.45, 2.75) is 44.4 Å². The fourth-order valence-corrected chi connectivity index (χ4v) is 4.39. The van der Waals surface area contributed by atoms with Crippen LogP contribution >= 0.6 is 15.9 Å². The summed E-state index contributed by atoms with van der Waals surface area (Å²) in [5, 5.41) is 14.1. The molecule has 2 N–H and O–H groups in total. The second-order valence-electron chi connectivity index (χ2n) is 7.41. The molecule has 156 valence electrons. The van der Waals surface area contributed by atoms with E-state index in [1.54, 1.807) is 19.2 Å². The third-order valence-corrected chi connectivity index (χ3v) is 6.00. The summed E-state index contributed by atoms with van der Waals surface area (Å²) < 4.78 is 22.9. The lowest BCUT2D eigenvalue weighted by molar-refractivity contribution is 0.105. The number of methoxy groups -OCH3 is 1. The summed E-state index contributed by atoms with van der Waals surface area (Å²) in [6, 6.07) is 10.0. The average Bonchev–Trinajstić information content (AvgIpc) is 3.41. The van der Waals surface area contributed by atoms with Gasteiger partial charge in [0.05, 0.1) is 11.6 Å². The maximum absolute atomic E-state index is 10.5. The molecule has 1 unspecified atom stereocenters. The Morgan fingerprint density at radius 2 is 1.97 bits per heavy atom. The standard InChI is InChI=1S/C22H26BrNO5/c1-26-21-9-14(11-24-16-4-2-3-5-16)8-17(23)22(21)27-12-18(25)15-6-7-19-20(10-15)29-13-28-19/h6-10,16,18,24-25H,2-5,11-13H2,1H3. The van der Waals surface area contributed by atoms with Gasteiger partial charge in [0.1, 0.15) is 12.7 Å². The van der Waals surface area contributed by atoms with E-state index in [0.717, 1.165) is 16.6 Å². The predicted molar refractivity (Wildman–Crippen MR) is 113 cm³/mol. The Morgan fingerprint density at radius 1 is 1.17 bits per heavy atom. The monoisotopic (exact) mass is 463 g/mol. The quantitative estimate of drug-likeness (QED) is 0.606. The van der Waals surface area contributed by atoms with Crippen LogP contribution in [0.15, 0.2) is 34.8 Å². The average molecular weight is 464 g/mol. The smallest absolute Gasteiger partial charge is 0.231 e. The van der Waals surface area contributed by atoms with Crippen molar-refractivity contribution < 1.29 is 24.1 Å². The molecule has 6 nitrogen and oxygen atoms in total. The Labute approximate surface area is 179 Å². The van der Waals surface area contributed by atoms with E-state index < -0.39 is 6.10 Å². The molecule has 1 saturated carbocycles. The van der Waals surface area contributed by atoms with Gasteiger partial charge < -0.3 is 29.4 Å². The van der Waals surface area contributed by atoms with E-state index in [1.165, 1.54) is 25.7 Å². The molecule has 0 radical (unpaired) electrons. The minimum absolute atomic E-state index is 0.0915. The molecule has 0 spiro atoms. The first-order valence-corrected chi connectivity index (χ1v) is 10.7. The molecule has 1 aliphatic carbocycles. The second kappa shape index (κ2) is 9.24. The van der Waals surface area contributed by atoms with Crippen LogP contribution in [0.4, 0.5) is 0 Å². The topological polar surface area (TPSA) is 69.2 Å². The highest BCUT2D eigenvalue weighted by Gasteiger charge is 2.19. The fourth-order valence-electron chi connectivity index (χ4n) is 3.79. The third kappa shape index (κ3) is 4.79. The maximum atomic E-state index is 10.5. The molecule has 1 atom stereocenters. The molecule has 1 fully saturated rings. The van der Waals surface area contributed by atoms with Gasteiger partial charge in [-0.2, -0.15) is 0 Å². The van der Waals surface area contributed by atoms with Crippen molar-refractivity contribution in [3.8, 4) is 23.0 Å². The van der Waals surface area contributed by atoms with E-state index in [2.05, 4.69) is 21.2 Å². The van der Waals surface area contributed by atoms with Gasteiger partial charge in [0.25, 0.3) is 0 Å². The maximum Gasteiger partial charge on any atom is 0.231 e. The van der Waals surface area contributed by atoms with Crippen molar-refractivity contribution in [3.05, 3.63) is 45.9 Å². The largest absolute Gasteiger partial charge is 0.493 e. The number of benzene rings is 2. The van der Waals surface area contributed by atoms with Gasteiger partial charge in [-0.25, -0.2) is 0 Å². The number of halogens is 1. The highest BCUT2D eigenvalue weighted by molar-refractivity contribution is 9.10. The predicted octanol–water partition coefficient (Wildman–Crippen LogP) is 4.33. The van der Waals surface area contributed by atoms with Crippen LogP contribution in [0.25, 0.3) is 0 Å². The number of aliphatic hydroxyl groups is 1. The molecular weight excluding hydrogens is 438 g/mol. The van der Waals surface area contributed by atoms with E-state index in [1.807, 2.05) is 18.2 Å². The van der Waals surface area contributed by atoms with E-state index >= 15 is 0 Å². The van der Waals surface area contributed by atoms with E-state index in [9.17, 15) is 5.11 Å². The molecular formula is C22H26BrNO5. The number of hydrogen-bond donors (Lipinski definition) is 2. The van der Waals surface area contributed by atoms with Crippen molar-refractivity contribution in [2.75, 3.05) is 20.5 Å². The van der Waals surface area contributed by atoms with E-state index in [0.29, 0.717) is 34.6 Å². The van der Waals surface area contributed by atoms with Crippen molar-refractivity contribution in [1.29, 1.82) is 0 Å². The molecule has 29 heavy (non-hydrogen) atoms. The van der Waals surface area contributed by atoms with Crippen LogP contribution in [0.5, 0.6) is 23.0 Å². The summed E-state index contributed by atoms with van der Waals surface area (Å²) in [4.78, 5) is 0. The lowest BCUT2D eigenvalue weighted by Crippen LogP contribution is -2.25. The summed E-state index contributed by atoms with van der Waals surface area (Å²) in [5.74, 6) is 2.55.